The molecule has 7 heteroatoms. The Morgan fingerprint density at radius 1 is 0.500 bits per heavy atom. The molecule has 0 heterocycles. The number of aliphatic hydroxyl groups excluding tert-OH is 1. The monoisotopic (exact) mass is 750 g/mol. The predicted molar refractivity (Wildman–Crippen MR) is 225 cm³/mol. The highest BCUT2D eigenvalue weighted by Gasteiger charge is 2.24. The number of aliphatic hydroxyl groups is 1. The Bertz CT molecular complexity index is 1000. The van der Waals surface area contributed by atoms with Gasteiger partial charge in [0.05, 0.1) is 17.9 Å². The number of amides is 1. The first-order valence-electron chi connectivity index (χ1n) is 21.8. The smallest absolute Gasteiger partial charge is 0.267 e. The number of hydrogen-bond donors (Lipinski definition) is 3. The van der Waals surface area contributed by atoms with Gasteiger partial charge in [0.1, 0.15) is 0 Å². The molecule has 0 aromatic heterocycles. The zero-order chi connectivity index (χ0) is 38.2. The van der Waals surface area contributed by atoms with Gasteiger partial charge in [-0.1, -0.05) is 184 Å². The third-order valence-corrected chi connectivity index (χ3v) is 10.5. The third-order valence-electron chi connectivity index (χ3n) is 9.71. The van der Waals surface area contributed by atoms with Crippen LogP contribution in [0.4, 0.5) is 0 Å². The van der Waals surface area contributed by atoms with E-state index >= 15 is 0 Å². The molecule has 0 spiro atoms. The van der Waals surface area contributed by atoms with Gasteiger partial charge in [-0.05, 0) is 70.6 Å². The van der Waals surface area contributed by atoms with Crippen molar-refractivity contribution in [1.82, 2.24) is 5.32 Å². The van der Waals surface area contributed by atoms with E-state index in [4.69, 9.17) is 0 Å². The molecule has 2 atom stereocenters. The summed E-state index contributed by atoms with van der Waals surface area (Å²) in [6.07, 6.45) is 52.4. The Balaban J connectivity index is 3.98. The van der Waals surface area contributed by atoms with Crippen LogP contribution in [0.3, 0.4) is 0 Å². The minimum absolute atomic E-state index is 0.279. The Morgan fingerprint density at radius 3 is 1.21 bits per heavy atom. The minimum Gasteiger partial charge on any atom is -0.387 e. The highest BCUT2D eigenvalue weighted by atomic mass is 32.2. The number of allylic oxidation sites excluding steroid dienone is 7. The average Bonchev–Trinajstić information content (AvgIpc) is 3.11. The molecule has 304 valence electrons. The number of carbonyl (C=O) groups is 1. The fourth-order valence-electron chi connectivity index (χ4n) is 6.42. The van der Waals surface area contributed by atoms with Crippen LogP contribution >= 0.6 is 0 Å². The first kappa shape index (κ1) is 50.3. The summed E-state index contributed by atoms with van der Waals surface area (Å²) < 4.78 is 32.5. The summed E-state index contributed by atoms with van der Waals surface area (Å²) in [7, 11) is -4.36. The Labute approximate surface area is 322 Å². The van der Waals surface area contributed by atoms with Crippen LogP contribution in [0.15, 0.2) is 48.6 Å². The molecule has 6 nitrogen and oxygen atoms in total. The number of hydrogen-bond acceptors (Lipinski definition) is 4. The van der Waals surface area contributed by atoms with Crippen LogP contribution in [0.2, 0.25) is 0 Å². The zero-order valence-electron chi connectivity index (χ0n) is 33.9. The van der Waals surface area contributed by atoms with Crippen LogP contribution in [-0.4, -0.2) is 41.9 Å². The second kappa shape index (κ2) is 39.0. The van der Waals surface area contributed by atoms with Crippen molar-refractivity contribution in [3.05, 3.63) is 48.6 Å². The van der Waals surface area contributed by atoms with Gasteiger partial charge in [0.2, 0.25) is 5.91 Å². The molecule has 0 saturated heterocycles. The molecule has 0 fully saturated rings. The minimum atomic E-state index is -4.36. The molecular weight excluding hydrogens is 667 g/mol. The van der Waals surface area contributed by atoms with Gasteiger partial charge in [0.25, 0.3) is 10.1 Å². The largest absolute Gasteiger partial charge is 0.387 e. The number of rotatable bonds is 39. The van der Waals surface area contributed by atoms with Gasteiger partial charge in [-0.2, -0.15) is 8.42 Å². The quantitative estimate of drug-likeness (QED) is 0.0330. The SMILES string of the molecule is CCCCCCCC/C=C\CCCCCCCCCC(=O)NC(CS(=O)(=O)O)C(O)/C=C/CC/C=C/CC/C=C/CCCCCCCCCCCC. The number of nitrogens with one attached hydrogen (secondary N) is 1. The molecule has 3 N–H and O–H groups in total. The van der Waals surface area contributed by atoms with Gasteiger partial charge in [-0.3, -0.25) is 9.35 Å². The van der Waals surface area contributed by atoms with Gasteiger partial charge in [0, 0.05) is 6.42 Å². The second-order valence-electron chi connectivity index (χ2n) is 15.0. The zero-order valence-corrected chi connectivity index (χ0v) is 34.7. The Hall–Kier alpha value is -1.70. The maximum absolute atomic E-state index is 12.5. The lowest BCUT2D eigenvalue weighted by atomic mass is 10.1. The molecule has 2 unspecified atom stereocenters. The lowest BCUT2D eigenvalue weighted by molar-refractivity contribution is -0.122. The van der Waals surface area contributed by atoms with E-state index in [1.807, 2.05) is 0 Å². The normalized spacial score (nSPS) is 13.7. The molecule has 0 saturated carbocycles. The van der Waals surface area contributed by atoms with Crippen molar-refractivity contribution in [2.24, 2.45) is 0 Å². The molecule has 0 aromatic rings. The molecule has 0 rings (SSSR count). The van der Waals surface area contributed by atoms with Gasteiger partial charge < -0.3 is 10.4 Å². The summed E-state index contributed by atoms with van der Waals surface area (Å²) in [6, 6.07) is -1.08. The van der Waals surface area contributed by atoms with Crippen LogP contribution in [0.5, 0.6) is 0 Å². The van der Waals surface area contributed by atoms with Crippen molar-refractivity contribution in [3.63, 3.8) is 0 Å². The van der Waals surface area contributed by atoms with Crippen molar-refractivity contribution in [1.29, 1.82) is 0 Å². The lowest BCUT2D eigenvalue weighted by Crippen LogP contribution is -2.46. The number of carbonyl (C=O) groups excluding carboxylic acids is 1. The second-order valence-corrected chi connectivity index (χ2v) is 16.4. The Kier molecular flexibility index (Phi) is 37.7. The molecule has 0 aliphatic rings. The van der Waals surface area contributed by atoms with E-state index in [1.165, 1.54) is 141 Å². The molecule has 0 bridgehead atoms. The Morgan fingerprint density at radius 2 is 0.827 bits per heavy atom. The molecular formula is C45H83NO5S. The fraction of sp³-hybridized carbons (Fsp3) is 0.800. The lowest BCUT2D eigenvalue weighted by Gasteiger charge is -2.21. The average molecular weight is 750 g/mol. The summed E-state index contributed by atoms with van der Waals surface area (Å²) in [6.45, 7) is 4.52. The molecule has 52 heavy (non-hydrogen) atoms. The van der Waals surface area contributed by atoms with Crippen molar-refractivity contribution < 1.29 is 22.9 Å². The maximum Gasteiger partial charge on any atom is 0.267 e. The maximum atomic E-state index is 12.5. The summed E-state index contributed by atoms with van der Waals surface area (Å²) in [4.78, 5) is 12.5. The summed E-state index contributed by atoms with van der Waals surface area (Å²) >= 11 is 0. The van der Waals surface area contributed by atoms with Gasteiger partial charge in [0.15, 0.2) is 0 Å². The third kappa shape index (κ3) is 39.5. The highest BCUT2D eigenvalue weighted by Crippen LogP contribution is 2.13. The fourth-order valence-corrected chi connectivity index (χ4v) is 7.15. The summed E-state index contributed by atoms with van der Waals surface area (Å²) in [5.41, 5.74) is 0. The molecule has 0 radical (unpaired) electrons. The van der Waals surface area contributed by atoms with Crippen LogP contribution in [-0.2, 0) is 14.9 Å². The van der Waals surface area contributed by atoms with Gasteiger partial charge in [-0.15, -0.1) is 0 Å². The van der Waals surface area contributed by atoms with E-state index in [9.17, 15) is 22.9 Å². The van der Waals surface area contributed by atoms with Gasteiger partial charge >= 0.3 is 0 Å². The van der Waals surface area contributed by atoms with E-state index in [-0.39, 0.29) is 12.3 Å². The van der Waals surface area contributed by atoms with Crippen molar-refractivity contribution in [3.8, 4) is 0 Å². The van der Waals surface area contributed by atoms with Crippen LogP contribution < -0.4 is 5.32 Å². The standard InChI is InChI=1S/C45H83NO5S/c1-3-5-7-9-11-13-15-17-19-21-22-23-25-26-28-30-32-34-36-38-40-44(47)43(42-52(49,50)51)46-45(48)41-39-37-35-33-31-29-27-24-20-18-16-14-12-10-8-6-4-2/h18,20,23,25,30,32,38,40,43-44,47H,3-17,19,21-22,24,26-29,31,33-37,39,41-42H2,1-2H3,(H,46,48)(H,49,50,51)/b20-18-,25-23+,32-30+,40-38+. The first-order chi connectivity index (χ1) is 25.3. The molecule has 0 aliphatic carbocycles. The first-order valence-corrected chi connectivity index (χ1v) is 23.4. The molecule has 0 aromatic carbocycles. The van der Waals surface area contributed by atoms with E-state index in [1.54, 1.807) is 6.08 Å². The number of unbranched alkanes of at least 4 members (excludes halogenated alkanes) is 25. The summed E-state index contributed by atoms with van der Waals surface area (Å²) in [5.74, 6) is -1.01. The molecule has 1 amide bonds. The highest BCUT2D eigenvalue weighted by molar-refractivity contribution is 7.85. The van der Waals surface area contributed by atoms with Crippen LogP contribution in [0.25, 0.3) is 0 Å². The topological polar surface area (TPSA) is 104 Å². The predicted octanol–water partition coefficient (Wildman–Crippen LogP) is 13.1. The summed E-state index contributed by atoms with van der Waals surface area (Å²) in [5, 5.41) is 13.2. The van der Waals surface area contributed by atoms with Crippen molar-refractivity contribution >= 4 is 16.0 Å². The molecule has 0 aliphatic heterocycles. The van der Waals surface area contributed by atoms with Crippen LogP contribution in [0.1, 0.15) is 213 Å². The van der Waals surface area contributed by atoms with E-state index in [2.05, 4.69) is 55.6 Å². The van der Waals surface area contributed by atoms with Gasteiger partial charge in [-0.25, -0.2) is 0 Å². The van der Waals surface area contributed by atoms with Crippen molar-refractivity contribution in [2.45, 2.75) is 225 Å². The van der Waals surface area contributed by atoms with Crippen LogP contribution in [0, 0.1) is 0 Å². The van der Waals surface area contributed by atoms with Crippen molar-refractivity contribution in [2.75, 3.05) is 5.75 Å². The van der Waals surface area contributed by atoms with E-state index in [0.29, 0.717) is 6.42 Å². The van der Waals surface area contributed by atoms with E-state index < -0.39 is 28.0 Å². The van der Waals surface area contributed by atoms with E-state index in [0.717, 1.165) is 51.4 Å².